The fourth-order valence-electron chi connectivity index (χ4n) is 3.73. The van der Waals surface area contributed by atoms with Crippen molar-refractivity contribution in [1.29, 1.82) is 0 Å². The third-order valence-corrected chi connectivity index (χ3v) is 5.02. The van der Waals surface area contributed by atoms with Gasteiger partial charge in [0.25, 0.3) is 0 Å². The van der Waals surface area contributed by atoms with Crippen molar-refractivity contribution in [2.24, 2.45) is 0 Å². The molecule has 29 heavy (non-hydrogen) atoms. The Balaban J connectivity index is 1.50. The van der Waals surface area contributed by atoms with Crippen LogP contribution in [0.2, 0.25) is 0 Å². The van der Waals surface area contributed by atoms with E-state index in [0.29, 0.717) is 5.56 Å². The molecule has 0 bridgehead atoms. The Labute approximate surface area is 166 Å². The first-order valence-electron chi connectivity index (χ1n) is 9.25. The van der Waals surface area contributed by atoms with Crippen molar-refractivity contribution >= 4 is 34.1 Å². The topological polar surface area (TPSA) is 72.5 Å². The summed E-state index contributed by atoms with van der Waals surface area (Å²) in [5.74, 6) is -2.41. The summed E-state index contributed by atoms with van der Waals surface area (Å²) in [4.78, 5) is 35.9. The van der Waals surface area contributed by atoms with Gasteiger partial charge in [0, 0.05) is 12.6 Å². The predicted molar refractivity (Wildman–Crippen MR) is 107 cm³/mol. The van der Waals surface area contributed by atoms with Gasteiger partial charge in [-0.05, 0) is 59.0 Å². The van der Waals surface area contributed by atoms with Gasteiger partial charge in [-0.25, -0.2) is 9.18 Å². The van der Waals surface area contributed by atoms with Gasteiger partial charge in [0.15, 0.2) is 6.61 Å². The molecule has 1 amide bonds. The first kappa shape index (κ1) is 18.8. The van der Waals surface area contributed by atoms with Crippen molar-refractivity contribution in [3.63, 3.8) is 0 Å². The van der Waals surface area contributed by atoms with E-state index >= 15 is 0 Å². The number of anilines is 1. The summed E-state index contributed by atoms with van der Waals surface area (Å²) in [6, 6.07) is 13.2. The van der Waals surface area contributed by atoms with E-state index in [-0.39, 0.29) is 17.2 Å². The number of ketones is 1. The van der Waals surface area contributed by atoms with E-state index in [1.807, 2.05) is 24.3 Å². The fraction of sp³-hybridized carbons (Fsp3) is 0.174. The molecule has 0 aliphatic heterocycles. The lowest BCUT2D eigenvalue weighted by atomic mass is 10.00. The van der Waals surface area contributed by atoms with Crippen LogP contribution >= 0.6 is 0 Å². The van der Waals surface area contributed by atoms with Crippen LogP contribution < -0.4 is 5.32 Å². The maximum atomic E-state index is 14.2. The molecule has 0 aromatic heterocycles. The van der Waals surface area contributed by atoms with Gasteiger partial charge in [0.1, 0.15) is 5.82 Å². The monoisotopic (exact) mass is 391 g/mol. The molecule has 0 spiro atoms. The number of halogens is 1. The molecule has 0 heterocycles. The Bertz CT molecular complexity index is 1160. The zero-order chi connectivity index (χ0) is 20.5. The van der Waals surface area contributed by atoms with Gasteiger partial charge >= 0.3 is 5.97 Å². The largest absolute Gasteiger partial charge is 0.454 e. The molecule has 3 aromatic carbocycles. The summed E-state index contributed by atoms with van der Waals surface area (Å²) >= 11 is 0. The number of hydrogen-bond acceptors (Lipinski definition) is 4. The Kier molecular flexibility index (Phi) is 4.84. The van der Waals surface area contributed by atoms with E-state index in [1.54, 1.807) is 6.07 Å². The minimum Gasteiger partial charge on any atom is -0.454 e. The molecule has 0 saturated carbocycles. The minimum absolute atomic E-state index is 0.202. The van der Waals surface area contributed by atoms with E-state index in [1.165, 1.54) is 30.2 Å². The lowest BCUT2D eigenvalue weighted by Gasteiger charge is -2.10. The highest BCUT2D eigenvalue weighted by Crippen LogP contribution is 2.33. The highest BCUT2D eigenvalue weighted by Gasteiger charge is 2.21. The smallest absolute Gasteiger partial charge is 0.339 e. The average molecular weight is 391 g/mol. The summed E-state index contributed by atoms with van der Waals surface area (Å²) in [5, 5.41) is 4.32. The number of Topliss-reactive ketones (excluding diaryl/α,β-unsaturated/α-hetero) is 1. The van der Waals surface area contributed by atoms with Crippen molar-refractivity contribution in [1.82, 2.24) is 0 Å². The van der Waals surface area contributed by atoms with Gasteiger partial charge in [-0.15, -0.1) is 0 Å². The number of esters is 1. The molecule has 1 N–H and O–H groups in total. The second-order valence-electron chi connectivity index (χ2n) is 6.99. The van der Waals surface area contributed by atoms with Crippen LogP contribution in [0.4, 0.5) is 10.1 Å². The lowest BCUT2D eigenvalue weighted by Crippen LogP contribution is -2.16. The average Bonchev–Trinajstić information content (AvgIpc) is 3.11. The van der Waals surface area contributed by atoms with Crippen molar-refractivity contribution in [3.05, 3.63) is 76.6 Å². The second-order valence-corrected chi connectivity index (χ2v) is 6.99. The van der Waals surface area contributed by atoms with Crippen LogP contribution in [-0.4, -0.2) is 24.3 Å². The molecule has 146 valence electrons. The molecule has 3 aromatic rings. The molecule has 0 radical (unpaired) electrons. The normalized spacial score (nSPS) is 12.1. The number of hydrogen-bond donors (Lipinski definition) is 1. The molecule has 0 unspecified atom stereocenters. The van der Waals surface area contributed by atoms with Crippen LogP contribution in [-0.2, 0) is 22.4 Å². The SMILES string of the molecule is CC(=O)Nc1ccc(C(=O)COC(=O)c2ccc3c4c(cccc24)CC3)c(F)c1. The first-order valence-corrected chi connectivity index (χ1v) is 9.25. The van der Waals surface area contributed by atoms with Crippen LogP contribution in [0, 0.1) is 5.82 Å². The number of ether oxygens (including phenoxy) is 1. The standard InChI is InChI=1S/C23H18FNO4/c1-13(26)25-16-8-10-19(20(24)11-16)21(27)12-29-23(28)18-9-7-15-6-5-14-3-2-4-17(18)22(14)15/h2-4,7-11H,5-6,12H2,1H3,(H,25,26). The summed E-state index contributed by atoms with van der Waals surface area (Å²) in [6.45, 7) is 0.731. The number of aryl methyl sites for hydroxylation is 2. The number of carbonyl (C=O) groups is 3. The molecule has 5 nitrogen and oxygen atoms in total. The zero-order valence-corrected chi connectivity index (χ0v) is 15.8. The Morgan fingerprint density at radius 3 is 2.45 bits per heavy atom. The van der Waals surface area contributed by atoms with Crippen LogP contribution in [0.15, 0.2) is 48.5 Å². The molecular formula is C23H18FNO4. The maximum absolute atomic E-state index is 14.2. The van der Waals surface area contributed by atoms with Crippen LogP contribution in [0.1, 0.15) is 38.8 Å². The van der Waals surface area contributed by atoms with Gasteiger partial charge in [0.05, 0.1) is 11.1 Å². The van der Waals surface area contributed by atoms with Crippen molar-refractivity contribution < 1.29 is 23.5 Å². The zero-order valence-electron chi connectivity index (χ0n) is 15.8. The van der Waals surface area contributed by atoms with Gasteiger partial charge in [-0.2, -0.15) is 0 Å². The number of amides is 1. The minimum atomic E-state index is -0.789. The van der Waals surface area contributed by atoms with E-state index < -0.39 is 24.2 Å². The molecule has 6 heteroatoms. The number of rotatable bonds is 5. The fourth-order valence-corrected chi connectivity index (χ4v) is 3.73. The Morgan fingerprint density at radius 2 is 1.72 bits per heavy atom. The Hall–Kier alpha value is -3.54. The molecule has 0 atom stereocenters. The van der Waals surface area contributed by atoms with E-state index in [2.05, 4.69) is 5.32 Å². The van der Waals surface area contributed by atoms with Crippen molar-refractivity contribution in [2.75, 3.05) is 11.9 Å². The molecule has 0 fully saturated rings. The summed E-state index contributed by atoms with van der Waals surface area (Å²) in [5.41, 5.74) is 2.83. The highest BCUT2D eigenvalue weighted by molar-refractivity contribution is 6.08. The molecule has 1 aliphatic carbocycles. The van der Waals surface area contributed by atoms with Gasteiger partial charge in [0.2, 0.25) is 11.7 Å². The van der Waals surface area contributed by atoms with E-state index in [0.717, 1.165) is 29.7 Å². The highest BCUT2D eigenvalue weighted by atomic mass is 19.1. The first-order chi connectivity index (χ1) is 13.9. The van der Waals surface area contributed by atoms with Crippen LogP contribution in [0.5, 0.6) is 0 Å². The van der Waals surface area contributed by atoms with Gasteiger partial charge in [-0.3, -0.25) is 9.59 Å². The molecular weight excluding hydrogens is 373 g/mol. The number of benzene rings is 3. The van der Waals surface area contributed by atoms with Crippen molar-refractivity contribution in [3.8, 4) is 0 Å². The number of carbonyl (C=O) groups excluding carboxylic acids is 3. The number of nitrogens with one attached hydrogen (secondary N) is 1. The quantitative estimate of drug-likeness (QED) is 0.526. The van der Waals surface area contributed by atoms with Crippen molar-refractivity contribution in [2.45, 2.75) is 19.8 Å². The lowest BCUT2D eigenvalue weighted by molar-refractivity contribution is -0.114. The Morgan fingerprint density at radius 1 is 1.00 bits per heavy atom. The van der Waals surface area contributed by atoms with Gasteiger partial charge in [-0.1, -0.05) is 24.3 Å². The maximum Gasteiger partial charge on any atom is 0.339 e. The molecule has 0 saturated heterocycles. The van der Waals surface area contributed by atoms with E-state index in [9.17, 15) is 18.8 Å². The summed E-state index contributed by atoms with van der Waals surface area (Å²) < 4.78 is 19.4. The summed E-state index contributed by atoms with van der Waals surface area (Å²) in [6.07, 6.45) is 1.88. The predicted octanol–water partition coefficient (Wildman–Crippen LogP) is 4.08. The molecule has 1 aliphatic rings. The summed E-state index contributed by atoms with van der Waals surface area (Å²) in [7, 11) is 0. The molecule has 4 rings (SSSR count). The second kappa shape index (κ2) is 7.47. The third kappa shape index (κ3) is 3.61. The third-order valence-electron chi connectivity index (χ3n) is 5.02. The van der Waals surface area contributed by atoms with Gasteiger partial charge < -0.3 is 10.1 Å². The van der Waals surface area contributed by atoms with E-state index in [4.69, 9.17) is 4.74 Å². The van der Waals surface area contributed by atoms with Crippen LogP contribution in [0.25, 0.3) is 10.8 Å². The van der Waals surface area contributed by atoms with Crippen LogP contribution in [0.3, 0.4) is 0 Å².